The van der Waals surface area contributed by atoms with E-state index >= 15 is 0 Å². The minimum Gasteiger partial charge on any atom is -0.372 e. The number of hydrogen-bond donors (Lipinski definition) is 1. The Labute approximate surface area is 116 Å². The molecule has 0 bridgehead atoms. The number of halogens is 2. The predicted octanol–water partition coefficient (Wildman–Crippen LogP) is 1.71. The van der Waals surface area contributed by atoms with E-state index < -0.39 is 0 Å². The SMILES string of the molecule is CNc1nc(N2CCN(C)C(=O)C2)c(Cl)cc1Cl. The van der Waals surface area contributed by atoms with Crippen LogP contribution in [0.25, 0.3) is 0 Å². The quantitative estimate of drug-likeness (QED) is 0.900. The summed E-state index contributed by atoms with van der Waals surface area (Å²) in [4.78, 5) is 19.6. The van der Waals surface area contributed by atoms with Crippen LogP contribution in [0, 0.1) is 0 Å². The van der Waals surface area contributed by atoms with Crippen molar-refractivity contribution < 1.29 is 4.79 Å². The van der Waals surface area contributed by atoms with Crippen molar-refractivity contribution in [3.05, 3.63) is 16.1 Å². The van der Waals surface area contributed by atoms with Gasteiger partial charge in [0.2, 0.25) is 5.91 Å². The topological polar surface area (TPSA) is 48.5 Å². The van der Waals surface area contributed by atoms with Gasteiger partial charge in [0.05, 0.1) is 16.6 Å². The molecule has 0 aromatic carbocycles. The monoisotopic (exact) mass is 288 g/mol. The van der Waals surface area contributed by atoms with Crippen molar-refractivity contribution in [2.45, 2.75) is 0 Å². The minimum atomic E-state index is 0.0556. The average Bonchev–Trinajstić information content (AvgIpc) is 2.33. The lowest BCUT2D eigenvalue weighted by atomic mass is 10.3. The van der Waals surface area contributed by atoms with Crippen molar-refractivity contribution >= 4 is 40.7 Å². The molecule has 0 atom stereocenters. The summed E-state index contributed by atoms with van der Waals surface area (Å²) in [6.45, 7) is 1.65. The highest BCUT2D eigenvalue weighted by molar-refractivity contribution is 6.37. The van der Waals surface area contributed by atoms with Crippen LogP contribution in [0.15, 0.2) is 6.07 Å². The molecule has 0 unspecified atom stereocenters. The fourth-order valence-corrected chi connectivity index (χ4v) is 2.37. The number of likely N-dealkylation sites (N-methyl/N-ethyl adjacent to an activating group) is 1. The highest BCUT2D eigenvalue weighted by Crippen LogP contribution is 2.31. The Morgan fingerprint density at radius 1 is 1.33 bits per heavy atom. The Kier molecular flexibility index (Phi) is 3.82. The molecule has 18 heavy (non-hydrogen) atoms. The molecule has 5 nitrogen and oxygen atoms in total. The van der Waals surface area contributed by atoms with E-state index in [1.165, 1.54) is 0 Å². The van der Waals surface area contributed by atoms with Crippen LogP contribution >= 0.6 is 23.2 Å². The molecule has 1 amide bonds. The maximum Gasteiger partial charge on any atom is 0.241 e. The largest absolute Gasteiger partial charge is 0.372 e. The normalized spacial score (nSPS) is 16.1. The number of rotatable bonds is 2. The number of amides is 1. The molecule has 2 heterocycles. The van der Waals surface area contributed by atoms with E-state index in [0.29, 0.717) is 34.8 Å². The third kappa shape index (κ3) is 2.47. The Morgan fingerprint density at radius 2 is 2.06 bits per heavy atom. The zero-order valence-electron chi connectivity index (χ0n) is 10.2. The lowest BCUT2D eigenvalue weighted by Gasteiger charge is -2.33. The van der Waals surface area contributed by atoms with Gasteiger partial charge in [-0.1, -0.05) is 23.2 Å². The van der Waals surface area contributed by atoms with Crippen molar-refractivity contribution in [1.29, 1.82) is 0 Å². The van der Waals surface area contributed by atoms with Gasteiger partial charge in [-0.15, -0.1) is 0 Å². The van der Waals surface area contributed by atoms with E-state index in [1.807, 2.05) is 4.90 Å². The smallest absolute Gasteiger partial charge is 0.241 e. The summed E-state index contributed by atoms with van der Waals surface area (Å²) in [5.41, 5.74) is 0. The minimum absolute atomic E-state index is 0.0556. The van der Waals surface area contributed by atoms with E-state index in [0.717, 1.165) is 0 Å². The van der Waals surface area contributed by atoms with E-state index in [-0.39, 0.29) is 12.5 Å². The van der Waals surface area contributed by atoms with Crippen molar-refractivity contribution in [3.63, 3.8) is 0 Å². The number of nitrogens with zero attached hydrogens (tertiary/aromatic N) is 3. The summed E-state index contributed by atoms with van der Waals surface area (Å²) in [6, 6.07) is 1.64. The van der Waals surface area contributed by atoms with Crippen LogP contribution in [0.3, 0.4) is 0 Å². The van der Waals surface area contributed by atoms with Crippen molar-refractivity contribution in [1.82, 2.24) is 9.88 Å². The van der Waals surface area contributed by atoms with Gasteiger partial charge in [-0.05, 0) is 6.07 Å². The molecule has 1 aliphatic rings. The van der Waals surface area contributed by atoms with Gasteiger partial charge in [-0.25, -0.2) is 4.98 Å². The Bertz CT molecular complexity index is 480. The Hall–Kier alpha value is -1.20. The number of hydrogen-bond acceptors (Lipinski definition) is 4. The van der Waals surface area contributed by atoms with Crippen LogP contribution in [0.4, 0.5) is 11.6 Å². The van der Waals surface area contributed by atoms with Crippen molar-refractivity contribution in [3.8, 4) is 0 Å². The van der Waals surface area contributed by atoms with Gasteiger partial charge in [0.25, 0.3) is 0 Å². The van der Waals surface area contributed by atoms with Gasteiger partial charge in [0.1, 0.15) is 11.6 Å². The van der Waals surface area contributed by atoms with Crippen LogP contribution in [0.2, 0.25) is 10.0 Å². The van der Waals surface area contributed by atoms with Gasteiger partial charge >= 0.3 is 0 Å². The van der Waals surface area contributed by atoms with Crippen molar-refractivity contribution in [2.24, 2.45) is 0 Å². The standard InChI is InChI=1S/C11H14Cl2N4O/c1-14-10-7(12)5-8(13)11(15-10)17-4-3-16(2)9(18)6-17/h5H,3-4,6H2,1-2H3,(H,14,15). The molecule has 0 aliphatic carbocycles. The zero-order valence-corrected chi connectivity index (χ0v) is 11.7. The first-order chi connectivity index (χ1) is 8.52. The molecule has 0 spiro atoms. The average molecular weight is 289 g/mol. The predicted molar refractivity (Wildman–Crippen MR) is 73.7 cm³/mol. The number of anilines is 2. The number of carbonyl (C=O) groups excluding carboxylic acids is 1. The van der Waals surface area contributed by atoms with Gasteiger partial charge in [0, 0.05) is 27.2 Å². The first-order valence-corrected chi connectivity index (χ1v) is 6.31. The second-order valence-electron chi connectivity index (χ2n) is 4.11. The lowest BCUT2D eigenvalue weighted by molar-refractivity contribution is -0.129. The second-order valence-corrected chi connectivity index (χ2v) is 4.93. The lowest BCUT2D eigenvalue weighted by Crippen LogP contribution is -2.49. The van der Waals surface area contributed by atoms with Crippen LogP contribution in [0.5, 0.6) is 0 Å². The summed E-state index contributed by atoms with van der Waals surface area (Å²) < 4.78 is 0. The van der Waals surface area contributed by atoms with Crippen LogP contribution in [-0.4, -0.2) is 49.5 Å². The van der Waals surface area contributed by atoms with Gasteiger partial charge < -0.3 is 15.1 Å². The molecule has 1 saturated heterocycles. The van der Waals surface area contributed by atoms with Crippen LogP contribution in [0.1, 0.15) is 0 Å². The highest BCUT2D eigenvalue weighted by Gasteiger charge is 2.24. The number of piperazine rings is 1. The van der Waals surface area contributed by atoms with E-state index in [2.05, 4.69) is 10.3 Å². The molecular weight excluding hydrogens is 275 g/mol. The Morgan fingerprint density at radius 3 is 2.67 bits per heavy atom. The molecule has 7 heteroatoms. The van der Waals surface area contributed by atoms with Crippen LogP contribution in [-0.2, 0) is 4.79 Å². The maximum absolute atomic E-state index is 11.7. The van der Waals surface area contributed by atoms with Gasteiger partial charge in [-0.2, -0.15) is 0 Å². The molecule has 1 aromatic heterocycles. The maximum atomic E-state index is 11.7. The number of nitrogens with one attached hydrogen (secondary N) is 1. The van der Waals surface area contributed by atoms with E-state index in [9.17, 15) is 4.79 Å². The number of pyridine rings is 1. The molecule has 1 N–H and O–H groups in total. The molecule has 0 radical (unpaired) electrons. The second kappa shape index (κ2) is 5.20. The fourth-order valence-electron chi connectivity index (χ4n) is 1.79. The summed E-state index contributed by atoms with van der Waals surface area (Å²) in [7, 11) is 3.52. The fraction of sp³-hybridized carbons (Fsp3) is 0.455. The van der Waals surface area contributed by atoms with E-state index in [1.54, 1.807) is 25.1 Å². The molecule has 98 valence electrons. The molecule has 1 aliphatic heterocycles. The highest BCUT2D eigenvalue weighted by atomic mass is 35.5. The molecular formula is C11H14Cl2N4O. The van der Waals surface area contributed by atoms with Gasteiger partial charge in [0.15, 0.2) is 0 Å². The zero-order chi connectivity index (χ0) is 13.3. The van der Waals surface area contributed by atoms with Crippen LogP contribution < -0.4 is 10.2 Å². The molecule has 1 aromatic rings. The van der Waals surface area contributed by atoms with Crippen molar-refractivity contribution in [2.75, 3.05) is 43.9 Å². The summed E-state index contributed by atoms with van der Waals surface area (Å²) in [5.74, 6) is 1.20. The summed E-state index contributed by atoms with van der Waals surface area (Å²) in [6.07, 6.45) is 0. The number of carbonyl (C=O) groups is 1. The first-order valence-electron chi connectivity index (χ1n) is 5.55. The Balaban J connectivity index is 2.30. The molecule has 0 saturated carbocycles. The molecule has 2 rings (SSSR count). The van der Waals surface area contributed by atoms with Gasteiger partial charge in [-0.3, -0.25) is 4.79 Å². The molecule has 1 fully saturated rings. The van der Waals surface area contributed by atoms with E-state index in [4.69, 9.17) is 23.2 Å². The summed E-state index contributed by atoms with van der Waals surface area (Å²) >= 11 is 12.1. The number of aromatic nitrogens is 1. The third-order valence-corrected chi connectivity index (χ3v) is 3.47. The summed E-state index contributed by atoms with van der Waals surface area (Å²) in [5, 5.41) is 3.82. The first kappa shape index (κ1) is 13.2. The third-order valence-electron chi connectivity index (χ3n) is 2.90.